The van der Waals surface area contributed by atoms with Crippen molar-refractivity contribution in [3.8, 4) is 23.0 Å². The number of piperazine rings is 1. The number of methoxy groups -OCH3 is 1. The number of carbonyl (C=O) groups excluding carboxylic acids is 1. The van der Waals surface area contributed by atoms with Crippen molar-refractivity contribution in [2.75, 3.05) is 39.0 Å². The van der Waals surface area contributed by atoms with Crippen molar-refractivity contribution in [3.05, 3.63) is 77.4 Å². The molecular formula is C27H28N8O2. The van der Waals surface area contributed by atoms with E-state index in [9.17, 15) is 4.79 Å². The smallest absolute Gasteiger partial charge is 0.259 e. The number of anilines is 1. The maximum Gasteiger partial charge on any atom is 0.259 e. The second kappa shape index (κ2) is 9.62. The summed E-state index contributed by atoms with van der Waals surface area (Å²) in [5.74, 6) is 1.26. The molecule has 37 heavy (non-hydrogen) atoms. The normalized spacial score (nSPS) is 15.2. The molecule has 0 saturated carbocycles. The highest BCUT2D eigenvalue weighted by molar-refractivity contribution is 5.98. The molecule has 1 aromatic carbocycles. The highest BCUT2D eigenvalue weighted by Gasteiger charge is 2.26. The molecule has 10 heteroatoms. The third kappa shape index (κ3) is 4.51. The van der Waals surface area contributed by atoms with Crippen LogP contribution in [-0.2, 0) is 19.4 Å². The minimum atomic E-state index is -0.128. The van der Waals surface area contributed by atoms with E-state index in [0.717, 1.165) is 60.7 Å². The van der Waals surface area contributed by atoms with Crippen LogP contribution in [0.3, 0.4) is 0 Å². The van der Waals surface area contributed by atoms with Crippen molar-refractivity contribution < 1.29 is 9.53 Å². The van der Waals surface area contributed by atoms with E-state index in [1.165, 1.54) is 10.2 Å². The van der Waals surface area contributed by atoms with Crippen LogP contribution >= 0.6 is 0 Å². The first kappa shape index (κ1) is 23.1. The lowest BCUT2D eigenvalue weighted by Crippen LogP contribution is -2.48. The largest absolute Gasteiger partial charge is 0.497 e. The number of nitrogens with zero attached hydrogens (tertiary/aromatic N) is 7. The van der Waals surface area contributed by atoms with E-state index in [2.05, 4.69) is 26.0 Å². The van der Waals surface area contributed by atoms with Gasteiger partial charge in [0.05, 0.1) is 18.5 Å². The van der Waals surface area contributed by atoms with Crippen LogP contribution in [0.5, 0.6) is 5.75 Å². The quantitative estimate of drug-likeness (QED) is 0.448. The van der Waals surface area contributed by atoms with Crippen molar-refractivity contribution >= 4 is 11.7 Å². The van der Waals surface area contributed by atoms with Gasteiger partial charge < -0.3 is 15.4 Å². The second-order valence-electron chi connectivity index (χ2n) is 9.33. The first-order valence-corrected chi connectivity index (χ1v) is 12.4. The molecular weight excluding hydrogens is 468 g/mol. The Kier molecular flexibility index (Phi) is 6.01. The highest BCUT2D eigenvalue weighted by Crippen LogP contribution is 2.34. The lowest BCUT2D eigenvalue weighted by Gasteiger charge is -2.34. The van der Waals surface area contributed by atoms with E-state index in [0.29, 0.717) is 24.6 Å². The molecule has 1 aliphatic heterocycles. The van der Waals surface area contributed by atoms with Gasteiger partial charge in [-0.25, -0.2) is 14.6 Å². The first-order valence-electron chi connectivity index (χ1n) is 12.4. The minimum Gasteiger partial charge on any atom is -0.497 e. The number of aryl methyl sites for hydroxylation is 2. The summed E-state index contributed by atoms with van der Waals surface area (Å²) in [7, 11) is 1.67. The highest BCUT2D eigenvalue weighted by atomic mass is 16.5. The average molecular weight is 497 g/mol. The summed E-state index contributed by atoms with van der Waals surface area (Å²) in [6.45, 7) is 3.55. The van der Waals surface area contributed by atoms with Crippen molar-refractivity contribution in [1.82, 2.24) is 34.5 Å². The van der Waals surface area contributed by atoms with E-state index >= 15 is 0 Å². The third-order valence-electron chi connectivity index (χ3n) is 7.03. The topological polar surface area (TPSA) is 115 Å². The predicted molar refractivity (Wildman–Crippen MR) is 138 cm³/mol. The molecule has 1 aliphatic carbocycles. The second-order valence-corrected chi connectivity index (χ2v) is 9.33. The number of hydrogen-bond donors (Lipinski definition) is 1. The van der Waals surface area contributed by atoms with Crippen LogP contribution < -0.4 is 10.5 Å². The van der Waals surface area contributed by atoms with Crippen LogP contribution in [0.15, 0.2) is 55.0 Å². The van der Waals surface area contributed by atoms with Crippen molar-refractivity contribution in [2.24, 2.45) is 0 Å². The molecule has 0 bridgehead atoms. The van der Waals surface area contributed by atoms with E-state index < -0.39 is 0 Å². The van der Waals surface area contributed by atoms with Crippen LogP contribution in [0.25, 0.3) is 17.2 Å². The monoisotopic (exact) mass is 496 g/mol. The van der Waals surface area contributed by atoms with Gasteiger partial charge in [0.15, 0.2) is 5.82 Å². The number of nitrogens with two attached hydrogens (primary N) is 1. The Morgan fingerprint density at radius 3 is 2.68 bits per heavy atom. The standard InChI is InChI=1S/C27H28N8O2/c1-37-21-7-8-22-18(14-21)5-6-19-15-30-27(31-24(19)22)35-17-23(25(28)32-35)26(36)34-12-10-33(11-13-34)16-20-4-2-3-9-29-20/h2-4,7-9,14-15,17H,5-6,10-13,16H2,1H3,(H2,28,32). The fourth-order valence-corrected chi connectivity index (χ4v) is 4.98. The Balaban J connectivity index is 1.19. The number of pyridine rings is 1. The molecule has 0 radical (unpaired) electrons. The van der Waals surface area contributed by atoms with Gasteiger partial charge in [0.2, 0.25) is 0 Å². The van der Waals surface area contributed by atoms with Gasteiger partial charge >= 0.3 is 0 Å². The Hall–Kier alpha value is -4.31. The molecule has 2 aliphatic rings. The summed E-state index contributed by atoms with van der Waals surface area (Å²) in [6.07, 6.45) is 7.04. The van der Waals surface area contributed by atoms with Crippen LogP contribution in [0.4, 0.5) is 5.82 Å². The van der Waals surface area contributed by atoms with E-state index in [1.807, 2.05) is 41.4 Å². The molecule has 188 valence electrons. The zero-order valence-corrected chi connectivity index (χ0v) is 20.7. The van der Waals surface area contributed by atoms with Gasteiger partial charge in [-0.1, -0.05) is 6.07 Å². The summed E-state index contributed by atoms with van der Waals surface area (Å²) in [4.78, 5) is 31.1. The summed E-state index contributed by atoms with van der Waals surface area (Å²) in [5, 5.41) is 4.38. The van der Waals surface area contributed by atoms with Crippen molar-refractivity contribution in [1.29, 1.82) is 0 Å². The predicted octanol–water partition coefficient (Wildman–Crippen LogP) is 2.37. The number of benzene rings is 1. The van der Waals surface area contributed by atoms with E-state index in [1.54, 1.807) is 19.5 Å². The maximum absolute atomic E-state index is 13.3. The Morgan fingerprint density at radius 1 is 1.05 bits per heavy atom. The molecule has 2 N–H and O–H groups in total. The maximum atomic E-state index is 13.3. The van der Waals surface area contributed by atoms with Crippen LogP contribution in [0, 0.1) is 0 Å². The third-order valence-corrected chi connectivity index (χ3v) is 7.03. The summed E-state index contributed by atoms with van der Waals surface area (Å²) in [6, 6.07) is 11.9. The van der Waals surface area contributed by atoms with Gasteiger partial charge in [-0.2, -0.15) is 0 Å². The summed E-state index contributed by atoms with van der Waals surface area (Å²) >= 11 is 0. The van der Waals surface area contributed by atoms with E-state index in [-0.39, 0.29) is 11.7 Å². The average Bonchev–Trinajstić information content (AvgIpc) is 3.34. The van der Waals surface area contributed by atoms with Crippen molar-refractivity contribution in [3.63, 3.8) is 0 Å². The molecule has 1 amide bonds. The number of hydrogen-bond acceptors (Lipinski definition) is 8. The van der Waals surface area contributed by atoms with Crippen LogP contribution in [-0.4, -0.2) is 73.7 Å². The number of amides is 1. The number of fused-ring (bicyclic) bond motifs is 3. The fourth-order valence-electron chi connectivity index (χ4n) is 4.98. The molecule has 10 nitrogen and oxygen atoms in total. The van der Waals surface area contributed by atoms with Gasteiger partial charge in [0.1, 0.15) is 11.3 Å². The van der Waals surface area contributed by atoms with Gasteiger partial charge in [0, 0.05) is 56.9 Å². The van der Waals surface area contributed by atoms with Gasteiger partial charge in [-0.3, -0.25) is 14.7 Å². The Morgan fingerprint density at radius 2 is 1.89 bits per heavy atom. The van der Waals surface area contributed by atoms with Crippen LogP contribution in [0.2, 0.25) is 0 Å². The molecule has 4 heterocycles. The van der Waals surface area contributed by atoms with Gasteiger partial charge in [0.25, 0.3) is 11.9 Å². The number of aromatic nitrogens is 5. The van der Waals surface area contributed by atoms with E-state index in [4.69, 9.17) is 15.5 Å². The van der Waals surface area contributed by atoms with Gasteiger partial charge in [-0.15, -0.1) is 5.10 Å². The zero-order chi connectivity index (χ0) is 25.4. The number of nitrogen functional groups attached to an aromatic ring is 1. The Bertz CT molecular complexity index is 1440. The molecule has 1 fully saturated rings. The number of carbonyl (C=O) groups is 1. The molecule has 0 unspecified atom stereocenters. The number of rotatable bonds is 5. The SMILES string of the molecule is COc1ccc2c(c1)CCc1cnc(-n3cc(C(=O)N4CCN(Cc5ccccn5)CC4)c(N)n3)nc1-2. The molecule has 0 spiro atoms. The Labute approximate surface area is 214 Å². The lowest BCUT2D eigenvalue weighted by atomic mass is 9.90. The minimum absolute atomic E-state index is 0.128. The first-order chi connectivity index (χ1) is 18.1. The van der Waals surface area contributed by atoms with Crippen LogP contribution in [0.1, 0.15) is 27.2 Å². The fraction of sp³-hybridized carbons (Fsp3) is 0.296. The number of ether oxygens (including phenoxy) is 1. The zero-order valence-electron chi connectivity index (χ0n) is 20.7. The molecule has 4 aromatic rings. The summed E-state index contributed by atoms with van der Waals surface area (Å²) < 4.78 is 6.88. The molecule has 1 saturated heterocycles. The molecule has 6 rings (SSSR count). The molecule has 0 atom stereocenters. The van der Waals surface area contributed by atoms with Crippen molar-refractivity contribution in [2.45, 2.75) is 19.4 Å². The van der Waals surface area contributed by atoms with Gasteiger partial charge in [-0.05, 0) is 54.3 Å². The molecule has 3 aromatic heterocycles. The lowest BCUT2D eigenvalue weighted by molar-refractivity contribution is 0.0628. The summed E-state index contributed by atoms with van der Waals surface area (Å²) in [5.41, 5.74) is 11.8.